The molecular formula is C47H49N7O10. The number of aromatic nitrogens is 1. The van der Waals surface area contributed by atoms with Crippen molar-refractivity contribution in [2.24, 2.45) is 5.92 Å². The molecule has 0 radical (unpaired) electrons. The Morgan fingerprint density at radius 3 is 2.36 bits per heavy atom. The van der Waals surface area contributed by atoms with Crippen molar-refractivity contribution < 1.29 is 37.9 Å². The predicted molar refractivity (Wildman–Crippen MR) is 241 cm³/mol. The molecule has 0 saturated carbocycles. The number of nitro groups is 1. The number of aromatic amines is 1. The van der Waals surface area contributed by atoms with Gasteiger partial charge in [0.25, 0.3) is 11.6 Å². The Kier molecular flexibility index (Phi) is 14.2. The van der Waals surface area contributed by atoms with Gasteiger partial charge in [0.2, 0.25) is 12.7 Å². The molecule has 17 heteroatoms. The van der Waals surface area contributed by atoms with Crippen molar-refractivity contribution >= 4 is 51.7 Å². The maximum absolute atomic E-state index is 13.1. The van der Waals surface area contributed by atoms with Crippen molar-refractivity contribution in [3.63, 3.8) is 0 Å². The van der Waals surface area contributed by atoms with Gasteiger partial charge in [-0.1, -0.05) is 42.5 Å². The molecule has 332 valence electrons. The molecule has 2 aliphatic rings. The highest BCUT2D eigenvalue weighted by molar-refractivity contribution is 6.00. The van der Waals surface area contributed by atoms with Crippen LogP contribution in [0, 0.1) is 29.9 Å². The molecule has 64 heavy (non-hydrogen) atoms. The molecule has 2 aliphatic heterocycles. The van der Waals surface area contributed by atoms with E-state index < -0.39 is 28.7 Å². The molecule has 5 N–H and O–H groups in total. The van der Waals surface area contributed by atoms with E-state index in [0.29, 0.717) is 47.2 Å². The van der Waals surface area contributed by atoms with E-state index >= 15 is 0 Å². The minimum absolute atomic E-state index is 0.0419. The lowest BCUT2D eigenvalue weighted by atomic mass is 9.90. The zero-order chi connectivity index (χ0) is 45.2. The first kappa shape index (κ1) is 44.4. The van der Waals surface area contributed by atoms with E-state index in [-0.39, 0.29) is 23.0 Å². The first-order chi connectivity index (χ1) is 30.9. The lowest BCUT2D eigenvalue weighted by Crippen LogP contribution is -2.39. The van der Waals surface area contributed by atoms with Crippen LogP contribution < -0.4 is 41.2 Å². The fraction of sp³-hybridized carbons (Fsp3) is 0.277. The lowest BCUT2D eigenvalue weighted by Gasteiger charge is -2.31. The normalized spacial score (nSPS) is 13.9. The highest BCUT2D eigenvalue weighted by atomic mass is 16.7. The maximum Gasteiger partial charge on any atom is 0.417 e. The number of oxazole rings is 1. The van der Waals surface area contributed by atoms with Crippen molar-refractivity contribution in [3.05, 3.63) is 146 Å². The van der Waals surface area contributed by atoms with E-state index in [1.807, 2.05) is 32.0 Å². The number of anilines is 3. The number of rotatable bonds is 13. The fourth-order valence-electron chi connectivity index (χ4n) is 7.50. The molecule has 0 bridgehead atoms. The Balaban J connectivity index is 0.000000192. The fourth-order valence-corrected chi connectivity index (χ4v) is 7.50. The average molecular weight is 872 g/mol. The highest BCUT2D eigenvalue weighted by Crippen LogP contribution is 2.34. The van der Waals surface area contributed by atoms with Crippen molar-refractivity contribution in [3.8, 4) is 17.2 Å². The lowest BCUT2D eigenvalue weighted by molar-refractivity contribution is -0.384. The zero-order valence-electron chi connectivity index (χ0n) is 35.6. The number of non-ortho nitro benzene ring substituents is 1. The van der Waals surface area contributed by atoms with E-state index in [2.05, 4.69) is 43.3 Å². The number of carbonyl (C=O) groups is 3. The maximum atomic E-state index is 13.1. The standard InChI is InChI=1S/C24H24N4O5.C23H25N3O5/c1-15-9-10-18(13-16(15)2)25-23(29)22(17-7-5-4-6-8-17)27-24(30)26-20-14-19(28(31)32)11-12-21(20)33-3;27-22(24-17-2-3-18-20(13-17)31-23(28)25-18)7-10-26-8-5-15(6-9-26)11-16-1-4-19-21(12-16)30-14-29-19/h4-14,22H,1-3H3,(H,25,29)(H2,26,27,30);1-4,12-13,15H,5-11,14H2,(H,24,27)(H,25,28)/t22-;/m1./s1. The van der Waals surface area contributed by atoms with Gasteiger partial charge in [0.15, 0.2) is 17.1 Å². The van der Waals surface area contributed by atoms with Gasteiger partial charge in [-0.3, -0.25) is 24.7 Å². The number of carbonyl (C=O) groups excluding carboxylic acids is 3. The van der Waals surface area contributed by atoms with Crippen LogP contribution >= 0.6 is 0 Å². The number of nitrogens with zero attached hydrogens (tertiary/aromatic N) is 2. The molecule has 1 saturated heterocycles. The topological polar surface area (TPSA) is 219 Å². The molecule has 1 aromatic heterocycles. The van der Waals surface area contributed by atoms with E-state index in [4.69, 9.17) is 18.6 Å². The second kappa shape index (κ2) is 20.5. The number of nitrogens with one attached hydrogen (secondary N) is 5. The van der Waals surface area contributed by atoms with Crippen LogP contribution in [0.4, 0.5) is 27.5 Å². The predicted octanol–water partition coefficient (Wildman–Crippen LogP) is 7.85. The summed E-state index contributed by atoms with van der Waals surface area (Å²) in [6.07, 6.45) is 3.73. The average Bonchev–Trinajstić information content (AvgIpc) is 3.92. The summed E-state index contributed by atoms with van der Waals surface area (Å²) in [6.45, 7) is 6.97. The largest absolute Gasteiger partial charge is 0.495 e. The molecule has 6 aromatic rings. The molecular weight excluding hydrogens is 823 g/mol. The number of H-pyrrole nitrogens is 1. The summed E-state index contributed by atoms with van der Waals surface area (Å²) < 4.78 is 21.1. The van der Waals surface area contributed by atoms with E-state index in [1.54, 1.807) is 54.6 Å². The molecule has 0 unspecified atom stereocenters. The highest BCUT2D eigenvalue weighted by Gasteiger charge is 2.25. The first-order valence-corrected chi connectivity index (χ1v) is 20.8. The SMILES string of the molecule is COc1ccc([N+](=O)[O-])cc1NC(=O)N[C@@H](C(=O)Nc1ccc(C)c(C)c1)c1ccccc1.O=C(CCN1CCC(Cc2ccc3c(c2)OCO3)CC1)Nc1ccc2[nH]c(=O)oc2c1. The van der Waals surface area contributed by atoms with Gasteiger partial charge < -0.3 is 44.8 Å². The molecule has 1 fully saturated rings. The number of nitro benzene ring substituents is 1. The minimum atomic E-state index is -1.02. The Bertz CT molecular complexity index is 2690. The Labute approximate surface area is 368 Å². The number of amides is 4. The summed E-state index contributed by atoms with van der Waals surface area (Å²) in [5.74, 6) is 1.58. The van der Waals surface area contributed by atoms with Crippen LogP contribution in [0.1, 0.15) is 47.6 Å². The van der Waals surface area contributed by atoms with Crippen LogP contribution in [0.5, 0.6) is 17.2 Å². The smallest absolute Gasteiger partial charge is 0.417 e. The molecule has 0 spiro atoms. The van der Waals surface area contributed by atoms with Gasteiger partial charge in [-0.15, -0.1) is 0 Å². The molecule has 5 aromatic carbocycles. The van der Waals surface area contributed by atoms with Crippen LogP contribution in [-0.2, 0) is 16.0 Å². The van der Waals surface area contributed by atoms with Crippen molar-refractivity contribution in [2.75, 3.05) is 49.5 Å². The second-order valence-corrected chi connectivity index (χ2v) is 15.6. The summed E-state index contributed by atoms with van der Waals surface area (Å²) in [7, 11) is 1.38. The summed E-state index contributed by atoms with van der Waals surface area (Å²) in [5, 5.41) is 22.0. The Morgan fingerprint density at radius 2 is 1.61 bits per heavy atom. The third-order valence-corrected chi connectivity index (χ3v) is 11.1. The number of likely N-dealkylation sites (tertiary alicyclic amines) is 1. The van der Waals surface area contributed by atoms with Gasteiger partial charge in [-0.05, 0) is 117 Å². The van der Waals surface area contributed by atoms with E-state index in [1.165, 1.54) is 30.9 Å². The summed E-state index contributed by atoms with van der Waals surface area (Å²) in [4.78, 5) is 64.9. The number of benzene rings is 5. The van der Waals surface area contributed by atoms with Crippen LogP contribution in [0.2, 0.25) is 0 Å². The van der Waals surface area contributed by atoms with E-state index in [9.17, 15) is 29.3 Å². The number of urea groups is 1. The minimum Gasteiger partial charge on any atom is -0.495 e. The number of hydrogen-bond donors (Lipinski definition) is 5. The van der Waals surface area contributed by atoms with Gasteiger partial charge in [0.1, 0.15) is 11.8 Å². The van der Waals surface area contributed by atoms with Crippen molar-refractivity contribution in [2.45, 2.75) is 45.6 Å². The number of aryl methyl sites for hydroxylation is 2. The molecule has 1 atom stereocenters. The third-order valence-electron chi connectivity index (χ3n) is 11.1. The van der Waals surface area contributed by atoms with Gasteiger partial charge in [-0.25, -0.2) is 9.59 Å². The molecule has 17 nitrogen and oxygen atoms in total. The summed E-state index contributed by atoms with van der Waals surface area (Å²) in [5.41, 5.74) is 6.15. The number of hydrogen-bond acceptors (Lipinski definition) is 11. The van der Waals surface area contributed by atoms with Gasteiger partial charge in [-0.2, -0.15) is 0 Å². The number of fused-ring (bicyclic) bond motifs is 2. The summed E-state index contributed by atoms with van der Waals surface area (Å²) in [6, 6.07) is 27.7. The Morgan fingerprint density at radius 1 is 0.859 bits per heavy atom. The second-order valence-electron chi connectivity index (χ2n) is 15.6. The van der Waals surface area contributed by atoms with Crippen LogP contribution in [0.25, 0.3) is 11.1 Å². The van der Waals surface area contributed by atoms with Gasteiger partial charge in [0.05, 0.1) is 23.2 Å². The van der Waals surface area contributed by atoms with Crippen LogP contribution in [0.3, 0.4) is 0 Å². The summed E-state index contributed by atoms with van der Waals surface area (Å²) >= 11 is 0. The first-order valence-electron chi connectivity index (χ1n) is 20.8. The van der Waals surface area contributed by atoms with Crippen molar-refractivity contribution in [1.29, 1.82) is 0 Å². The molecule has 3 heterocycles. The van der Waals surface area contributed by atoms with Crippen LogP contribution in [-0.4, -0.2) is 66.2 Å². The quantitative estimate of drug-likeness (QED) is 0.0556. The Hall–Kier alpha value is -7.66. The van der Waals surface area contributed by atoms with Crippen LogP contribution in [0.15, 0.2) is 112 Å². The number of ether oxygens (including phenoxy) is 3. The number of methoxy groups -OCH3 is 1. The van der Waals surface area contributed by atoms with Gasteiger partial charge >= 0.3 is 11.8 Å². The molecule has 8 rings (SSSR count). The van der Waals surface area contributed by atoms with Gasteiger partial charge in [0, 0.05) is 42.5 Å². The monoisotopic (exact) mass is 871 g/mol. The molecule has 4 amide bonds. The molecule has 0 aliphatic carbocycles. The third kappa shape index (κ3) is 11.6. The van der Waals surface area contributed by atoms with Crippen molar-refractivity contribution in [1.82, 2.24) is 15.2 Å². The number of piperidine rings is 1. The van der Waals surface area contributed by atoms with E-state index in [0.717, 1.165) is 61.5 Å². The zero-order valence-corrected chi connectivity index (χ0v) is 35.6.